The molecular weight excluding hydrogens is 328 g/mol. The van der Waals surface area contributed by atoms with Crippen molar-refractivity contribution in [3.63, 3.8) is 0 Å². The molecule has 6 heteroatoms. The van der Waals surface area contributed by atoms with E-state index in [2.05, 4.69) is 44.1 Å². The number of piperidine rings is 1. The Bertz CT molecular complexity index is 700. The van der Waals surface area contributed by atoms with E-state index in [1.807, 2.05) is 13.0 Å². The molecule has 1 N–H and O–H groups in total. The smallest absolute Gasteiger partial charge is 0.321 e. The summed E-state index contributed by atoms with van der Waals surface area (Å²) in [6.07, 6.45) is 5.11. The highest BCUT2D eigenvalue weighted by Crippen LogP contribution is 2.37. The van der Waals surface area contributed by atoms with Crippen LogP contribution in [0.5, 0.6) is 6.01 Å². The van der Waals surface area contributed by atoms with Crippen LogP contribution in [0.4, 0.5) is 5.95 Å². The molecule has 3 rings (SSSR count). The van der Waals surface area contributed by atoms with Crippen LogP contribution >= 0.6 is 0 Å². The molecule has 0 bridgehead atoms. The fraction of sp³-hybridized carbons (Fsp3) is 0.550. The molecule has 0 atom stereocenters. The highest BCUT2D eigenvalue weighted by Gasteiger charge is 2.34. The maximum atomic E-state index is 10.0. The van der Waals surface area contributed by atoms with E-state index in [0.29, 0.717) is 17.8 Å². The highest BCUT2D eigenvalue weighted by molar-refractivity contribution is 5.32. The fourth-order valence-corrected chi connectivity index (χ4v) is 3.66. The minimum atomic E-state index is 0.0114. The molecule has 0 spiro atoms. The van der Waals surface area contributed by atoms with Crippen LogP contribution in [0.15, 0.2) is 30.3 Å². The van der Waals surface area contributed by atoms with Gasteiger partial charge in [0.15, 0.2) is 0 Å². The lowest BCUT2D eigenvalue weighted by Gasteiger charge is -2.41. The molecule has 1 aliphatic rings. The number of benzene rings is 1. The molecule has 2 aromatic rings. The van der Waals surface area contributed by atoms with Gasteiger partial charge in [-0.15, -0.1) is 0 Å². The lowest BCUT2D eigenvalue weighted by atomic mass is 9.75. The zero-order valence-electron chi connectivity index (χ0n) is 15.7. The molecule has 1 saturated heterocycles. The molecule has 0 radical (unpaired) electrons. The minimum absolute atomic E-state index is 0.0114. The Morgan fingerprint density at radius 3 is 2.50 bits per heavy atom. The number of aromatic nitrogens is 3. The van der Waals surface area contributed by atoms with Crippen LogP contribution in [0.3, 0.4) is 0 Å². The van der Waals surface area contributed by atoms with E-state index in [9.17, 15) is 5.11 Å². The first-order valence-electron chi connectivity index (χ1n) is 9.30. The number of nitrogens with zero attached hydrogens (tertiary/aromatic N) is 4. The third-order valence-electron chi connectivity index (χ3n) is 5.36. The summed E-state index contributed by atoms with van der Waals surface area (Å²) >= 11 is 0. The Balaban J connectivity index is 1.57. The summed E-state index contributed by atoms with van der Waals surface area (Å²) < 4.78 is 5.15. The van der Waals surface area contributed by atoms with E-state index >= 15 is 0 Å². The second kappa shape index (κ2) is 8.45. The summed E-state index contributed by atoms with van der Waals surface area (Å²) in [5.74, 6) is 1.33. The maximum Gasteiger partial charge on any atom is 0.321 e. The first-order chi connectivity index (χ1) is 12.6. The summed E-state index contributed by atoms with van der Waals surface area (Å²) in [5.41, 5.74) is 1.38. The van der Waals surface area contributed by atoms with Crippen molar-refractivity contribution in [1.82, 2.24) is 15.0 Å². The van der Waals surface area contributed by atoms with Crippen LogP contribution < -0.4 is 9.64 Å². The van der Waals surface area contributed by atoms with Crippen molar-refractivity contribution in [3.8, 4) is 6.01 Å². The first kappa shape index (κ1) is 18.6. The minimum Gasteiger partial charge on any atom is -0.467 e. The predicted octanol–water partition coefficient (Wildman–Crippen LogP) is 2.79. The third-order valence-corrected chi connectivity index (χ3v) is 5.36. The predicted molar refractivity (Wildman–Crippen MR) is 101 cm³/mol. The van der Waals surface area contributed by atoms with Gasteiger partial charge < -0.3 is 14.7 Å². The lowest BCUT2D eigenvalue weighted by Crippen LogP contribution is -2.43. The number of ether oxygens (including phenoxy) is 1. The van der Waals surface area contributed by atoms with Gasteiger partial charge in [-0.2, -0.15) is 15.0 Å². The topological polar surface area (TPSA) is 71.4 Å². The molecule has 140 valence electrons. The molecular formula is C20H28N4O2. The number of hydrogen-bond acceptors (Lipinski definition) is 6. The van der Waals surface area contributed by atoms with Gasteiger partial charge in [0.25, 0.3) is 0 Å². The monoisotopic (exact) mass is 356 g/mol. The van der Waals surface area contributed by atoms with Crippen LogP contribution in [-0.2, 0) is 6.42 Å². The zero-order chi connectivity index (χ0) is 18.4. The maximum absolute atomic E-state index is 10.0. The van der Waals surface area contributed by atoms with E-state index in [1.54, 1.807) is 7.11 Å². The van der Waals surface area contributed by atoms with E-state index in [0.717, 1.165) is 45.2 Å². The van der Waals surface area contributed by atoms with Crippen LogP contribution in [0.1, 0.15) is 37.1 Å². The van der Waals surface area contributed by atoms with Crippen LogP contribution in [0.25, 0.3) is 0 Å². The van der Waals surface area contributed by atoms with Crippen molar-refractivity contribution in [1.29, 1.82) is 0 Å². The van der Waals surface area contributed by atoms with Crippen LogP contribution in [0, 0.1) is 12.3 Å². The van der Waals surface area contributed by atoms with Crippen molar-refractivity contribution in [2.24, 2.45) is 5.41 Å². The number of aliphatic hydroxyl groups is 1. The second-order valence-electron chi connectivity index (χ2n) is 7.15. The molecule has 0 unspecified atom stereocenters. The molecule has 1 aromatic heterocycles. The largest absolute Gasteiger partial charge is 0.467 e. The summed E-state index contributed by atoms with van der Waals surface area (Å²) in [5, 5.41) is 10.0. The molecule has 1 fully saturated rings. The number of rotatable bonds is 7. The molecule has 1 aliphatic heterocycles. The standard InChI is InChI=1S/C20H28N4O2/c1-16-21-18(23-19(22-16)26-2)24-13-11-20(15-25,12-14-24)10-6-9-17-7-4-3-5-8-17/h3-5,7-8,25H,6,9-15H2,1-2H3. The van der Waals surface area contributed by atoms with E-state index < -0.39 is 0 Å². The number of aliphatic hydroxyl groups excluding tert-OH is 1. The molecule has 6 nitrogen and oxygen atoms in total. The second-order valence-corrected chi connectivity index (χ2v) is 7.15. The Morgan fingerprint density at radius 1 is 1.12 bits per heavy atom. The lowest BCUT2D eigenvalue weighted by molar-refractivity contribution is 0.0846. The van der Waals surface area contributed by atoms with Gasteiger partial charge in [0.1, 0.15) is 5.82 Å². The van der Waals surface area contributed by atoms with E-state index in [1.165, 1.54) is 5.56 Å². The van der Waals surface area contributed by atoms with Crippen molar-refractivity contribution >= 4 is 5.95 Å². The van der Waals surface area contributed by atoms with Gasteiger partial charge in [-0.25, -0.2) is 0 Å². The average molecular weight is 356 g/mol. The molecule has 0 saturated carbocycles. The quantitative estimate of drug-likeness (QED) is 0.822. The Labute approximate surface area is 155 Å². The van der Waals surface area contributed by atoms with Gasteiger partial charge in [-0.3, -0.25) is 0 Å². The Kier molecular flexibility index (Phi) is 6.04. The first-order valence-corrected chi connectivity index (χ1v) is 9.30. The Hall–Kier alpha value is -2.21. The summed E-state index contributed by atoms with van der Waals surface area (Å²) in [6, 6.07) is 10.9. The van der Waals surface area contributed by atoms with Gasteiger partial charge in [-0.1, -0.05) is 30.3 Å². The van der Waals surface area contributed by atoms with Crippen LogP contribution in [0.2, 0.25) is 0 Å². The van der Waals surface area contributed by atoms with Gasteiger partial charge >= 0.3 is 6.01 Å². The number of aryl methyl sites for hydroxylation is 2. The number of hydrogen-bond donors (Lipinski definition) is 1. The Morgan fingerprint density at radius 2 is 1.85 bits per heavy atom. The van der Waals surface area contributed by atoms with E-state index in [-0.39, 0.29) is 12.0 Å². The van der Waals surface area contributed by atoms with E-state index in [4.69, 9.17) is 4.74 Å². The summed E-state index contributed by atoms with van der Waals surface area (Å²) in [4.78, 5) is 15.1. The summed E-state index contributed by atoms with van der Waals surface area (Å²) in [7, 11) is 1.57. The van der Waals surface area contributed by atoms with Crippen molar-refractivity contribution < 1.29 is 9.84 Å². The number of anilines is 1. The number of methoxy groups -OCH3 is 1. The van der Waals surface area contributed by atoms with Gasteiger partial charge in [0, 0.05) is 19.7 Å². The van der Waals surface area contributed by atoms with Gasteiger partial charge in [0.2, 0.25) is 5.95 Å². The molecule has 0 amide bonds. The highest BCUT2D eigenvalue weighted by atomic mass is 16.5. The zero-order valence-corrected chi connectivity index (χ0v) is 15.7. The molecule has 1 aromatic carbocycles. The van der Waals surface area contributed by atoms with Gasteiger partial charge in [-0.05, 0) is 50.0 Å². The third kappa shape index (κ3) is 4.49. The average Bonchev–Trinajstić information content (AvgIpc) is 2.69. The van der Waals surface area contributed by atoms with Crippen molar-refractivity contribution in [3.05, 3.63) is 41.7 Å². The van der Waals surface area contributed by atoms with Crippen molar-refractivity contribution in [2.45, 2.75) is 39.0 Å². The van der Waals surface area contributed by atoms with Crippen molar-refractivity contribution in [2.75, 3.05) is 31.7 Å². The fourth-order valence-electron chi connectivity index (χ4n) is 3.66. The van der Waals surface area contributed by atoms with Gasteiger partial charge in [0.05, 0.1) is 7.11 Å². The van der Waals surface area contributed by atoms with Crippen LogP contribution in [-0.4, -0.2) is 46.9 Å². The molecule has 26 heavy (non-hydrogen) atoms. The summed E-state index contributed by atoms with van der Waals surface area (Å²) in [6.45, 7) is 3.78. The SMILES string of the molecule is COc1nc(C)nc(N2CCC(CO)(CCCc3ccccc3)CC2)n1. The molecule has 2 heterocycles. The normalized spacial score (nSPS) is 16.5. The molecule has 0 aliphatic carbocycles.